The van der Waals surface area contributed by atoms with Crippen molar-refractivity contribution >= 4 is 49.4 Å². The quantitative estimate of drug-likeness (QED) is 0.270. The number of rotatable bonds is 5. The van der Waals surface area contributed by atoms with E-state index >= 15 is 0 Å². The average Bonchev–Trinajstić information content (AvgIpc) is 1.97. The molecule has 0 aromatic carbocycles. The second kappa shape index (κ2) is 9.89. The number of thiocarbonyl (C=S) groups is 1. The molecule has 0 aliphatic heterocycles. The molecule has 0 unspecified atom stereocenters. The first-order valence-electron chi connectivity index (χ1n) is 3.69. The Kier molecular flexibility index (Phi) is 12.8. The van der Waals surface area contributed by atoms with Crippen LogP contribution in [0, 0.1) is 0 Å². The molecule has 0 saturated carbocycles. The summed E-state index contributed by atoms with van der Waals surface area (Å²) in [4.78, 5) is 0. The summed E-state index contributed by atoms with van der Waals surface area (Å²) in [6.45, 7) is 2.00. The van der Waals surface area contributed by atoms with Crippen molar-refractivity contribution in [3.63, 3.8) is 0 Å². The van der Waals surface area contributed by atoms with Crippen molar-refractivity contribution in [3.8, 4) is 0 Å². The summed E-state index contributed by atoms with van der Waals surface area (Å²) in [6.07, 6.45) is 0.376. The van der Waals surface area contributed by atoms with E-state index in [0.29, 0.717) is 12.2 Å². The van der Waals surface area contributed by atoms with Gasteiger partial charge in [-0.25, -0.2) is 8.42 Å². The molecule has 0 aromatic rings. The Morgan fingerprint density at radius 2 is 2.00 bits per heavy atom. The second-order valence-electron chi connectivity index (χ2n) is 2.15. The molecule has 0 aliphatic carbocycles. The van der Waals surface area contributed by atoms with E-state index < -0.39 is 10.1 Å². The van der Waals surface area contributed by atoms with Crippen LogP contribution in [0.4, 0.5) is 0 Å². The molecule has 0 bridgehead atoms. The number of thioether (sulfide) groups is 2. The van der Waals surface area contributed by atoms with Crippen LogP contribution in [0.3, 0.4) is 0 Å². The van der Waals surface area contributed by atoms with Gasteiger partial charge in [0.2, 0.25) is 0 Å². The van der Waals surface area contributed by atoms with E-state index in [-0.39, 0.29) is 35.3 Å². The van der Waals surface area contributed by atoms with Crippen LogP contribution in [0.1, 0.15) is 13.3 Å². The maximum absolute atomic E-state index is 10.2. The third-order valence-electron chi connectivity index (χ3n) is 1.02. The monoisotopic (exact) mass is 282 g/mol. The molecular formula is C6H11NaO3S4. The van der Waals surface area contributed by atoms with Gasteiger partial charge >= 0.3 is 29.6 Å². The fraction of sp³-hybridized carbons (Fsp3) is 0.833. The molecule has 0 N–H and O–H groups in total. The molecule has 0 atom stereocenters. The summed E-state index contributed by atoms with van der Waals surface area (Å²) >= 11 is 7.95. The predicted octanol–water partition coefficient (Wildman–Crippen LogP) is -1.30. The largest absolute Gasteiger partial charge is 1.00 e. The summed E-state index contributed by atoms with van der Waals surface area (Å²) < 4.78 is 31.4. The van der Waals surface area contributed by atoms with Gasteiger partial charge in [-0.15, -0.1) is 23.5 Å². The Morgan fingerprint density at radius 1 is 1.43 bits per heavy atom. The molecule has 0 aromatic heterocycles. The predicted molar refractivity (Wildman–Crippen MR) is 62.4 cm³/mol. The minimum absolute atomic E-state index is 0. The molecule has 0 spiro atoms. The zero-order valence-electron chi connectivity index (χ0n) is 8.19. The van der Waals surface area contributed by atoms with Crippen LogP contribution in [0.15, 0.2) is 0 Å². The van der Waals surface area contributed by atoms with Crippen molar-refractivity contribution in [2.75, 3.05) is 17.3 Å². The van der Waals surface area contributed by atoms with Crippen molar-refractivity contribution in [3.05, 3.63) is 0 Å². The van der Waals surface area contributed by atoms with Gasteiger partial charge in [0.25, 0.3) is 0 Å². The van der Waals surface area contributed by atoms with Crippen molar-refractivity contribution in [1.29, 1.82) is 0 Å². The van der Waals surface area contributed by atoms with Gasteiger partial charge in [0.05, 0.1) is 10.1 Å². The summed E-state index contributed by atoms with van der Waals surface area (Å²) in [5.41, 5.74) is 0. The second-order valence-corrected chi connectivity index (χ2v) is 7.23. The first-order chi connectivity index (χ1) is 5.95. The van der Waals surface area contributed by atoms with Crippen LogP contribution >= 0.6 is 35.7 Å². The van der Waals surface area contributed by atoms with Gasteiger partial charge in [0.15, 0.2) is 0 Å². The van der Waals surface area contributed by atoms with Gasteiger partial charge in [0, 0.05) is 11.5 Å². The van der Waals surface area contributed by atoms with Crippen LogP contribution in [0.5, 0.6) is 0 Å². The molecule has 0 radical (unpaired) electrons. The number of hydrogen-bond acceptors (Lipinski definition) is 6. The Balaban J connectivity index is 0. The van der Waals surface area contributed by atoms with E-state index in [0.717, 1.165) is 9.28 Å². The molecule has 0 rings (SSSR count). The van der Waals surface area contributed by atoms with Crippen molar-refractivity contribution in [2.24, 2.45) is 0 Å². The van der Waals surface area contributed by atoms with Gasteiger partial charge in [0.1, 0.15) is 3.53 Å². The molecule has 0 aliphatic rings. The van der Waals surface area contributed by atoms with Crippen molar-refractivity contribution < 1.29 is 42.5 Å². The van der Waals surface area contributed by atoms with E-state index in [1.807, 2.05) is 6.92 Å². The van der Waals surface area contributed by atoms with Crippen molar-refractivity contribution in [1.82, 2.24) is 0 Å². The van der Waals surface area contributed by atoms with Crippen LogP contribution in [0.25, 0.3) is 0 Å². The molecule has 0 fully saturated rings. The average molecular weight is 282 g/mol. The normalized spacial score (nSPS) is 10.7. The van der Waals surface area contributed by atoms with Crippen molar-refractivity contribution in [2.45, 2.75) is 13.3 Å². The molecule has 8 heteroatoms. The first kappa shape index (κ1) is 18.1. The molecule has 14 heavy (non-hydrogen) atoms. The maximum atomic E-state index is 10.2. The fourth-order valence-corrected chi connectivity index (χ4v) is 3.46. The standard InChI is InChI=1S/C6H12O3S4.Na/c1-2-11-6(10)12-4-3-5-13(7,8)9;/h2-5H2,1H3,(H,7,8,9);/q;+1/p-1. The smallest absolute Gasteiger partial charge is 0.748 e. The van der Waals surface area contributed by atoms with Gasteiger partial charge < -0.3 is 4.55 Å². The molecule has 0 saturated heterocycles. The molecule has 3 nitrogen and oxygen atoms in total. The topological polar surface area (TPSA) is 57.2 Å². The third-order valence-corrected chi connectivity index (χ3v) is 4.48. The Labute approximate surface area is 121 Å². The van der Waals surface area contributed by atoms with Crippen LogP contribution in [0.2, 0.25) is 0 Å². The summed E-state index contributed by atoms with van der Waals surface area (Å²) in [5.74, 6) is 1.23. The first-order valence-corrected chi connectivity index (χ1v) is 7.64. The SMILES string of the molecule is CCSC(=S)SCCCS(=O)(=O)[O-].[Na+]. The Bertz CT molecular complexity index is 252. The Hall–Kier alpha value is 1.70. The molecule has 78 valence electrons. The van der Waals surface area contributed by atoms with E-state index in [9.17, 15) is 13.0 Å². The molecular weight excluding hydrogens is 271 g/mol. The minimum Gasteiger partial charge on any atom is -0.748 e. The summed E-state index contributed by atoms with van der Waals surface area (Å²) in [7, 11) is -4.05. The minimum atomic E-state index is -4.05. The van der Waals surface area contributed by atoms with Crippen LogP contribution in [-0.2, 0) is 10.1 Å². The van der Waals surface area contributed by atoms with Gasteiger partial charge in [-0.05, 0) is 12.2 Å². The zero-order chi connectivity index (χ0) is 10.3. The van der Waals surface area contributed by atoms with Gasteiger partial charge in [-0.2, -0.15) is 0 Å². The van der Waals surface area contributed by atoms with Gasteiger partial charge in [-0.3, -0.25) is 0 Å². The summed E-state index contributed by atoms with van der Waals surface area (Å²) in [6, 6.07) is 0. The molecule has 0 heterocycles. The summed E-state index contributed by atoms with van der Waals surface area (Å²) in [5, 5.41) is 0. The van der Waals surface area contributed by atoms with Crippen LogP contribution in [-0.4, -0.2) is 33.8 Å². The van der Waals surface area contributed by atoms with E-state index in [1.54, 1.807) is 11.8 Å². The van der Waals surface area contributed by atoms with E-state index in [1.165, 1.54) is 11.8 Å². The third kappa shape index (κ3) is 13.7. The van der Waals surface area contributed by atoms with E-state index in [2.05, 4.69) is 0 Å². The van der Waals surface area contributed by atoms with E-state index in [4.69, 9.17) is 12.2 Å². The van der Waals surface area contributed by atoms with Crippen LogP contribution < -0.4 is 29.6 Å². The molecule has 0 amide bonds. The van der Waals surface area contributed by atoms with Gasteiger partial charge in [-0.1, -0.05) is 19.1 Å². The number of hydrogen-bond donors (Lipinski definition) is 0. The fourth-order valence-electron chi connectivity index (χ4n) is 0.551. The maximum Gasteiger partial charge on any atom is 1.00 e. The zero-order valence-corrected chi connectivity index (χ0v) is 13.5. The Morgan fingerprint density at radius 3 is 2.43 bits per heavy atom.